The fourth-order valence-corrected chi connectivity index (χ4v) is 0.811. The highest BCUT2D eigenvalue weighted by atomic mass is 16.5. The summed E-state index contributed by atoms with van der Waals surface area (Å²) in [5, 5.41) is 0. The molecule has 0 rings (SSSR count). The van der Waals surface area contributed by atoms with Crippen LogP contribution in [-0.4, -0.2) is 11.7 Å². The van der Waals surface area contributed by atoms with Crippen molar-refractivity contribution in [2.24, 2.45) is 0 Å². The van der Waals surface area contributed by atoms with E-state index in [1.807, 2.05) is 27.7 Å². The highest BCUT2D eigenvalue weighted by Crippen LogP contribution is 2.11. The zero-order valence-corrected chi connectivity index (χ0v) is 7.27. The summed E-state index contributed by atoms with van der Waals surface area (Å²) in [6, 6.07) is 0. The summed E-state index contributed by atoms with van der Waals surface area (Å²) < 4.78 is 5.54. The van der Waals surface area contributed by atoms with E-state index >= 15 is 0 Å². The first kappa shape index (κ1) is 9.52. The number of rotatable bonds is 2. The molecule has 0 aliphatic heterocycles. The number of terminal acetylenes is 1. The zero-order chi connectivity index (χ0) is 8.20. The summed E-state index contributed by atoms with van der Waals surface area (Å²) in [7, 11) is 0. The van der Waals surface area contributed by atoms with Gasteiger partial charge in [-0.3, -0.25) is 0 Å². The number of hydrogen-bond acceptors (Lipinski definition) is 1. The average Bonchev–Trinajstić information content (AvgIpc) is 1.59. The van der Waals surface area contributed by atoms with Crippen molar-refractivity contribution in [3.8, 4) is 12.3 Å². The van der Waals surface area contributed by atoms with Crippen LogP contribution in [0.4, 0.5) is 0 Å². The number of ether oxygens (including phenoxy) is 1. The Bertz CT molecular complexity index is 125. The van der Waals surface area contributed by atoms with Gasteiger partial charge in [0, 0.05) is 6.42 Å². The maximum Gasteiger partial charge on any atom is 0.0663 e. The molecule has 0 heterocycles. The van der Waals surface area contributed by atoms with Crippen LogP contribution in [0, 0.1) is 12.3 Å². The van der Waals surface area contributed by atoms with Gasteiger partial charge in [0.2, 0.25) is 0 Å². The van der Waals surface area contributed by atoms with Crippen LogP contribution < -0.4 is 0 Å². The Morgan fingerprint density at radius 3 is 2.30 bits per heavy atom. The smallest absolute Gasteiger partial charge is 0.0663 e. The normalized spacial score (nSPS) is 14.3. The minimum absolute atomic E-state index is 0.0731. The lowest BCUT2D eigenvalue weighted by molar-refractivity contribution is -0.0484. The molecule has 1 unspecified atom stereocenters. The monoisotopic (exact) mass is 140 g/mol. The molecule has 0 aromatic carbocycles. The van der Waals surface area contributed by atoms with Gasteiger partial charge in [-0.25, -0.2) is 0 Å². The van der Waals surface area contributed by atoms with Gasteiger partial charge in [-0.2, -0.15) is 0 Å². The third-order valence-electron chi connectivity index (χ3n) is 0.960. The first-order valence-corrected chi connectivity index (χ1v) is 3.57. The Morgan fingerprint density at radius 1 is 1.50 bits per heavy atom. The number of hydrogen-bond donors (Lipinski definition) is 0. The molecule has 1 atom stereocenters. The highest BCUT2D eigenvalue weighted by Gasteiger charge is 2.13. The van der Waals surface area contributed by atoms with Crippen LogP contribution in [0.5, 0.6) is 0 Å². The standard InChI is InChI=1S/C9H16O/c1-6-7-8(2)10-9(3,4)5/h1,8H,7H2,2-5H3. The Balaban J connectivity index is 3.60. The molecule has 0 aromatic rings. The summed E-state index contributed by atoms with van der Waals surface area (Å²) in [6.45, 7) is 8.07. The van der Waals surface area contributed by atoms with Crippen LogP contribution in [-0.2, 0) is 4.74 Å². The molecule has 0 aliphatic carbocycles. The SMILES string of the molecule is C#CCC(C)OC(C)(C)C. The Labute approximate surface area is 63.8 Å². The van der Waals surface area contributed by atoms with Gasteiger partial charge < -0.3 is 4.74 Å². The van der Waals surface area contributed by atoms with Gasteiger partial charge in [0.1, 0.15) is 0 Å². The summed E-state index contributed by atoms with van der Waals surface area (Å²) in [5.41, 5.74) is -0.0731. The minimum atomic E-state index is -0.0731. The second-order valence-electron chi connectivity index (χ2n) is 3.45. The largest absolute Gasteiger partial charge is 0.372 e. The van der Waals surface area contributed by atoms with E-state index in [1.54, 1.807) is 0 Å². The lowest BCUT2D eigenvalue weighted by atomic mass is 10.2. The van der Waals surface area contributed by atoms with Gasteiger partial charge in [-0.1, -0.05) is 0 Å². The van der Waals surface area contributed by atoms with Crippen molar-refractivity contribution in [1.82, 2.24) is 0 Å². The maximum absolute atomic E-state index is 5.54. The molecule has 0 bridgehead atoms. The molecule has 0 saturated heterocycles. The molecule has 0 aliphatic rings. The van der Waals surface area contributed by atoms with E-state index in [4.69, 9.17) is 11.2 Å². The van der Waals surface area contributed by atoms with Crippen LogP contribution in [0.1, 0.15) is 34.1 Å². The van der Waals surface area contributed by atoms with Crippen molar-refractivity contribution in [3.05, 3.63) is 0 Å². The van der Waals surface area contributed by atoms with Gasteiger partial charge in [-0.05, 0) is 27.7 Å². The molecule has 0 saturated carbocycles. The van der Waals surface area contributed by atoms with E-state index in [2.05, 4.69) is 5.92 Å². The van der Waals surface area contributed by atoms with E-state index in [9.17, 15) is 0 Å². The summed E-state index contributed by atoms with van der Waals surface area (Å²) in [4.78, 5) is 0. The molecular formula is C9H16O. The van der Waals surface area contributed by atoms with Crippen LogP contribution in [0.25, 0.3) is 0 Å². The van der Waals surface area contributed by atoms with Crippen LogP contribution in [0.3, 0.4) is 0 Å². The summed E-state index contributed by atoms with van der Waals surface area (Å²) >= 11 is 0. The molecular weight excluding hydrogens is 124 g/mol. The summed E-state index contributed by atoms with van der Waals surface area (Å²) in [5.74, 6) is 2.57. The average molecular weight is 140 g/mol. The van der Waals surface area contributed by atoms with Gasteiger partial charge in [0.05, 0.1) is 11.7 Å². The lowest BCUT2D eigenvalue weighted by Crippen LogP contribution is -2.25. The van der Waals surface area contributed by atoms with Crippen molar-refractivity contribution >= 4 is 0 Å². The Kier molecular flexibility index (Phi) is 3.46. The highest BCUT2D eigenvalue weighted by molar-refractivity contribution is 4.86. The predicted molar refractivity (Wildman–Crippen MR) is 43.8 cm³/mol. The first-order valence-electron chi connectivity index (χ1n) is 3.57. The zero-order valence-electron chi connectivity index (χ0n) is 7.27. The molecule has 1 nitrogen and oxygen atoms in total. The minimum Gasteiger partial charge on any atom is -0.372 e. The first-order chi connectivity index (χ1) is 4.45. The van der Waals surface area contributed by atoms with Gasteiger partial charge in [-0.15, -0.1) is 12.3 Å². The Hall–Kier alpha value is -0.480. The van der Waals surface area contributed by atoms with Gasteiger partial charge in [0.15, 0.2) is 0 Å². The van der Waals surface area contributed by atoms with Crippen molar-refractivity contribution in [3.63, 3.8) is 0 Å². The van der Waals surface area contributed by atoms with E-state index < -0.39 is 0 Å². The van der Waals surface area contributed by atoms with Crippen LogP contribution >= 0.6 is 0 Å². The van der Waals surface area contributed by atoms with E-state index in [0.29, 0.717) is 6.42 Å². The van der Waals surface area contributed by atoms with Crippen molar-refractivity contribution < 1.29 is 4.74 Å². The third kappa shape index (κ3) is 5.65. The van der Waals surface area contributed by atoms with Crippen LogP contribution in [0.15, 0.2) is 0 Å². The van der Waals surface area contributed by atoms with Crippen LogP contribution in [0.2, 0.25) is 0 Å². The van der Waals surface area contributed by atoms with Gasteiger partial charge in [0.25, 0.3) is 0 Å². The lowest BCUT2D eigenvalue weighted by Gasteiger charge is -2.23. The third-order valence-corrected chi connectivity index (χ3v) is 0.960. The molecule has 0 radical (unpaired) electrons. The Morgan fingerprint density at radius 2 is 2.00 bits per heavy atom. The molecule has 0 aromatic heterocycles. The maximum atomic E-state index is 5.54. The van der Waals surface area contributed by atoms with E-state index in [1.165, 1.54) is 0 Å². The van der Waals surface area contributed by atoms with E-state index in [-0.39, 0.29) is 11.7 Å². The van der Waals surface area contributed by atoms with Crippen molar-refractivity contribution in [2.75, 3.05) is 0 Å². The molecule has 58 valence electrons. The van der Waals surface area contributed by atoms with Crippen molar-refractivity contribution in [1.29, 1.82) is 0 Å². The molecule has 0 spiro atoms. The molecule has 0 fully saturated rings. The second-order valence-corrected chi connectivity index (χ2v) is 3.45. The van der Waals surface area contributed by atoms with E-state index in [0.717, 1.165) is 0 Å². The van der Waals surface area contributed by atoms with Crippen molar-refractivity contribution in [2.45, 2.75) is 45.8 Å². The predicted octanol–water partition coefficient (Wildman–Crippen LogP) is 2.21. The molecule has 0 amide bonds. The fourth-order valence-electron chi connectivity index (χ4n) is 0.811. The molecule has 0 N–H and O–H groups in total. The second kappa shape index (κ2) is 3.63. The molecule has 1 heteroatoms. The van der Waals surface area contributed by atoms with Gasteiger partial charge >= 0.3 is 0 Å². The fraction of sp³-hybridized carbons (Fsp3) is 0.778. The summed E-state index contributed by atoms with van der Waals surface area (Å²) in [6.07, 6.45) is 5.98. The molecule has 10 heavy (non-hydrogen) atoms. The quantitative estimate of drug-likeness (QED) is 0.534. The topological polar surface area (TPSA) is 9.23 Å².